The van der Waals surface area contributed by atoms with E-state index in [1.807, 2.05) is 0 Å². The molecule has 1 fully saturated rings. The molecular weight excluding hydrogens is 624 g/mol. The van der Waals surface area contributed by atoms with Crippen molar-refractivity contribution in [2.24, 2.45) is 5.92 Å². The Morgan fingerprint density at radius 3 is 2.20 bits per heavy atom. The van der Waals surface area contributed by atoms with Gasteiger partial charge in [-0.3, -0.25) is 18.4 Å². The number of fused-ring (bicyclic) bond motifs is 1. The van der Waals surface area contributed by atoms with Crippen LogP contribution >= 0.6 is 0 Å². The van der Waals surface area contributed by atoms with Gasteiger partial charge in [-0.2, -0.15) is 16.8 Å². The first kappa shape index (κ1) is 33.4. The fourth-order valence-corrected chi connectivity index (χ4v) is 6.27. The topological polar surface area (TPSA) is 160 Å². The minimum absolute atomic E-state index is 0.0985. The minimum atomic E-state index is -4.79. The van der Waals surface area contributed by atoms with Crippen LogP contribution in [-0.2, 0) is 20.2 Å². The zero-order valence-corrected chi connectivity index (χ0v) is 25.5. The lowest BCUT2D eigenvalue weighted by molar-refractivity contribution is 0.0668. The molecule has 44 heavy (non-hydrogen) atoms. The van der Waals surface area contributed by atoms with E-state index in [1.54, 1.807) is 30.3 Å². The molecule has 0 radical (unpaired) electrons. The first-order valence-corrected chi connectivity index (χ1v) is 16.8. The van der Waals surface area contributed by atoms with Crippen molar-refractivity contribution in [2.45, 2.75) is 17.3 Å². The smallest absolute Gasteiger partial charge is 0.304 e. The number of halogens is 2. The molecule has 240 valence electrons. The molecule has 0 bridgehead atoms. The van der Waals surface area contributed by atoms with E-state index in [0.717, 1.165) is 19.2 Å². The molecule has 0 aliphatic carbocycles. The highest BCUT2D eigenvalue weighted by Gasteiger charge is 2.47. The van der Waals surface area contributed by atoms with Gasteiger partial charge in [0.15, 0.2) is 0 Å². The van der Waals surface area contributed by atoms with Crippen LogP contribution in [-0.4, -0.2) is 87.7 Å². The summed E-state index contributed by atoms with van der Waals surface area (Å²) in [7, 11) is -7.12. The van der Waals surface area contributed by atoms with Gasteiger partial charge in [-0.05, 0) is 29.8 Å². The average molecular weight is 658 g/mol. The third-order valence-corrected chi connectivity index (χ3v) is 8.22. The van der Waals surface area contributed by atoms with Crippen molar-refractivity contribution in [3.8, 4) is 23.0 Å². The number of alkyl halides is 1. The second kappa shape index (κ2) is 13.6. The molecule has 0 aromatic heterocycles. The number of benzene rings is 3. The van der Waals surface area contributed by atoms with E-state index in [-0.39, 0.29) is 29.8 Å². The van der Waals surface area contributed by atoms with Gasteiger partial charge < -0.3 is 19.3 Å². The van der Waals surface area contributed by atoms with E-state index in [9.17, 15) is 35.3 Å². The van der Waals surface area contributed by atoms with Crippen LogP contribution in [0, 0.1) is 11.7 Å². The number of hydrogen-bond acceptors (Lipinski definition) is 9. The molecule has 0 saturated carbocycles. The van der Waals surface area contributed by atoms with Gasteiger partial charge in [0.25, 0.3) is 10.1 Å². The SMILES string of the molecule is COc1cc(F)ccc1C1C(c2ccc(OCCN3CC(CF)C3)cc2)c2ccc(O)cc2OC1S(=O)(=O)O.CS(=O)(=O)O. The largest absolute Gasteiger partial charge is 0.508 e. The van der Waals surface area contributed by atoms with Crippen molar-refractivity contribution in [3.05, 3.63) is 83.2 Å². The standard InChI is InChI=1S/C28H29F2NO7S.CH4O3S/c1-36-24-12-19(30)4-8-22(24)27-26(23-9-5-20(32)13-25(23)38-28(27)39(33,34)35)18-2-6-21(7-3-18)37-11-10-31-15-17(14-29)16-31;1-5(2,3)4/h2-9,12-13,17,26-28,32H,10-11,14-16H2,1H3,(H,33,34,35);1H3,(H,2,3,4). The Morgan fingerprint density at radius 2 is 1.61 bits per heavy atom. The lowest BCUT2D eigenvalue weighted by Gasteiger charge is -2.39. The number of phenols is 1. The summed E-state index contributed by atoms with van der Waals surface area (Å²) in [6.07, 6.45) is 0.715. The van der Waals surface area contributed by atoms with Crippen molar-refractivity contribution in [1.82, 2.24) is 4.90 Å². The molecule has 3 N–H and O–H groups in total. The number of aromatic hydroxyl groups is 1. The van der Waals surface area contributed by atoms with Crippen molar-refractivity contribution in [1.29, 1.82) is 0 Å². The quantitative estimate of drug-likeness (QED) is 0.287. The van der Waals surface area contributed by atoms with E-state index >= 15 is 0 Å². The highest BCUT2D eigenvalue weighted by atomic mass is 32.2. The lowest BCUT2D eigenvalue weighted by Crippen LogP contribution is -2.49. The van der Waals surface area contributed by atoms with Gasteiger partial charge in [0, 0.05) is 54.7 Å². The molecule has 11 nitrogen and oxygen atoms in total. The Hall–Kier alpha value is -3.50. The summed E-state index contributed by atoms with van der Waals surface area (Å²) in [5, 5.41) is 10.0. The maximum atomic E-state index is 14.1. The number of phenolic OH excluding ortho intramolecular Hbond substituents is 1. The van der Waals surface area contributed by atoms with E-state index in [4.69, 9.17) is 18.8 Å². The van der Waals surface area contributed by atoms with Crippen molar-refractivity contribution >= 4 is 20.2 Å². The van der Waals surface area contributed by atoms with Gasteiger partial charge in [0.05, 0.1) is 26.0 Å². The predicted octanol–water partition coefficient (Wildman–Crippen LogP) is 3.85. The first-order chi connectivity index (χ1) is 20.7. The van der Waals surface area contributed by atoms with Gasteiger partial charge in [-0.25, -0.2) is 4.39 Å². The Labute approximate surface area is 254 Å². The third-order valence-electron chi connectivity index (χ3n) is 7.24. The number of methoxy groups -OCH3 is 1. The molecule has 1 saturated heterocycles. The van der Waals surface area contributed by atoms with Crippen LogP contribution in [0.25, 0.3) is 0 Å². The Balaban J connectivity index is 0.000000818. The summed E-state index contributed by atoms with van der Waals surface area (Å²) in [5.74, 6) is -1.52. The molecule has 15 heteroatoms. The van der Waals surface area contributed by atoms with Crippen LogP contribution in [0.2, 0.25) is 0 Å². The molecule has 2 aliphatic heterocycles. The molecular formula is C29H33F2NO10S2. The first-order valence-electron chi connectivity index (χ1n) is 13.4. The zero-order valence-electron chi connectivity index (χ0n) is 23.8. The van der Waals surface area contributed by atoms with Crippen LogP contribution < -0.4 is 14.2 Å². The molecule has 3 atom stereocenters. The van der Waals surface area contributed by atoms with Crippen molar-refractivity contribution in [2.75, 3.05) is 46.3 Å². The lowest BCUT2D eigenvalue weighted by atomic mass is 9.75. The molecule has 3 aromatic rings. The second-order valence-electron chi connectivity index (χ2n) is 10.5. The molecule has 5 rings (SSSR count). The molecule has 3 aromatic carbocycles. The molecule has 0 spiro atoms. The highest BCUT2D eigenvalue weighted by molar-refractivity contribution is 7.86. The van der Waals surface area contributed by atoms with Crippen molar-refractivity contribution in [3.63, 3.8) is 0 Å². The van der Waals surface area contributed by atoms with Gasteiger partial charge in [0.2, 0.25) is 5.44 Å². The summed E-state index contributed by atoms with van der Waals surface area (Å²) >= 11 is 0. The fraction of sp³-hybridized carbons (Fsp3) is 0.379. The fourth-order valence-electron chi connectivity index (χ4n) is 5.37. The predicted molar refractivity (Wildman–Crippen MR) is 157 cm³/mol. The normalized spacial score (nSPS) is 20.4. The Kier molecular flexibility index (Phi) is 10.4. The van der Waals surface area contributed by atoms with Crippen LogP contribution in [0.3, 0.4) is 0 Å². The number of ether oxygens (including phenoxy) is 3. The summed E-state index contributed by atoms with van der Waals surface area (Å²) in [6.45, 7) is 2.24. The van der Waals surface area contributed by atoms with Crippen LogP contribution in [0.15, 0.2) is 60.7 Å². The summed E-state index contributed by atoms with van der Waals surface area (Å²) in [4.78, 5) is 2.11. The van der Waals surface area contributed by atoms with E-state index < -0.39 is 43.3 Å². The van der Waals surface area contributed by atoms with Crippen LogP contribution in [0.4, 0.5) is 8.78 Å². The minimum Gasteiger partial charge on any atom is -0.508 e. The monoisotopic (exact) mass is 657 g/mol. The molecule has 3 unspecified atom stereocenters. The summed E-state index contributed by atoms with van der Waals surface area (Å²) in [5.41, 5.74) is -0.197. The van der Waals surface area contributed by atoms with Crippen LogP contribution in [0.1, 0.15) is 28.5 Å². The number of likely N-dealkylation sites (tertiary alicyclic amines) is 1. The third kappa shape index (κ3) is 8.35. The van der Waals surface area contributed by atoms with E-state index in [1.165, 1.54) is 31.4 Å². The average Bonchev–Trinajstić information content (AvgIpc) is 2.92. The van der Waals surface area contributed by atoms with E-state index in [0.29, 0.717) is 41.8 Å². The molecule has 2 aliphatic rings. The summed E-state index contributed by atoms with van der Waals surface area (Å²) in [6, 6.07) is 15.2. The van der Waals surface area contributed by atoms with Crippen molar-refractivity contribution < 1.29 is 54.0 Å². The van der Waals surface area contributed by atoms with Crippen LogP contribution in [0.5, 0.6) is 23.0 Å². The highest BCUT2D eigenvalue weighted by Crippen LogP contribution is 2.52. The molecule has 0 amide bonds. The number of nitrogens with zero attached hydrogens (tertiary/aromatic N) is 1. The zero-order chi connectivity index (χ0) is 32.2. The van der Waals surface area contributed by atoms with Gasteiger partial charge >= 0.3 is 10.1 Å². The van der Waals surface area contributed by atoms with Gasteiger partial charge in [-0.15, -0.1) is 0 Å². The summed E-state index contributed by atoms with van der Waals surface area (Å²) < 4.78 is 105. The van der Waals surface area contributed by atoms with Gasteiger partial charge in [-0.1, -0.05) is 24.3 Å². The Morgan fingerprint density at radius 1 is 0.977 bits per heavy atom. The number of rotatable bonds is 9. The Bertz CT molecular complexity index is 1660. The maximum Gasteiger partial charge on any atom is 0.304 e. The van der Waals surface area contributed by atoms with E-state index in [2.05, 4.69) is 4.90 Å². The molecule has 2 heterocycles. The maximum absolute atomic E-state index is 14.1. The van der Waals surface area contributed by atoms with Gasteiger partial charge in [0.1, 0.15) is 35.4 Å². The number of hydrogen-bond donors (Lipinski definition) is 3. The second-order valence-corrected chi connectivity index (χ2v) is 13.5.